The Hall–Kier alpha value is -6.89. The highest BCUT2D eigenvalue weighted by molar-refractivity contribution is 5.99. The number of alkyl halides is 3. The van der Waals surface area contributed by atoms with Crippen LogP contribution >= 0.6 is 0 Å². The van der Waals surface area contributed by atoms with E-state index in [2.05, 4.69) is 21.3 Å². The van der Waals surface area contributed by atoms with E-state index in [0.717, 1.165) is 48.0 Å². The topological polar surface area (TPSA) is 259 Å². The van der Waals surface area contributed by atoms with Gasteiger partial charge in [0.15, 0.2) is 0 Å². The van der Waals surface area contributed by atoms with Gasteiger partial charge in [0.25, 0.3) is 0 Å². The van der Waals surface area contributed by atoms with Crippen LogP contribution in [0.2, 0.25) is 0 Å². The fraction of sp³-hybridized carbons (Fsp3) is 0.746. The number of likely N-dealkylation sites (N-methyl/N-ethyl adjacent to an activating group) is 6. The smallest absolute Gasteiger partial charge is 0.343 e. The molecule has 2 saturated heterocycles. The number of hydrogen-bond acceptors (Lipinski definition) is 11. The second-order valence-corrected chi connectivity index (χ2v) is 28.2. The average Bonchev–Trinajstić information content (AvgIpc) is 0.810. The Labute approximate surface area is 548 Å². The molecule has 4 rings (SSSR count). The number of carbonyl (C=O) groups is 11. The molecule has 0 unspecified atom stereocenters. The van der Waals surface area contributed by atoms with Crippen molar-refractivity contribution in [1.29, 1.82) is 0 Å². The van der Waals surface area contributed by atoms with Crippen LogP contribution in [0.1, 0.15) is 178 Å². The second-order valence-electron chi connectivity index (χ2n) is 28.2. The molecule has 2 heterocycles. The molecule has 1 aromatic carbocycles. The Bertz CT molecular complexity index is 2830. The molecule has 0 spiro atoms. The first kappa shape index (κ1) is 78.6. The molecular formula is C67H107F4N11O11. The predicted molar refractivity (Wildman–Crippen MR) is 343 cm³/mol. The summed E-state index contributed by atoms with van der Waals surface area (Å²) >= 11 is 0. The molecule has 11 amide bonds. The highest BCUT2D eigenvalue weighted by Gasteiger charge is 2.47. The van der Waals surface area contributed by atoms with E-state index in [-0.39, 0.29) is 87.1 Å². The summed E-state index contributed by atoms with van der Waals surface area (Å²) in [6.07, 6.45) is -0.345. The highest BCUT2D eigenvalue weighted by Crippen LogP contribution is 2.33. The zero-order valence-electron chi connectivity index (χ0n) is 58.3. The van der Waals surface area contributed by atoms with Crippen molar-refractivity contribution in [2.24, 2.45) is 29.6 Å². The number of nitrogens with zero attached hydrogens (tertiary/aromatic N) is 7. The van der Waals surface area contributed by atoms with Gasteiger partial charge in [0.05, 0.1) is 12.1 Å². The Morgan fingerprint density at radius 2 is 1.19 bits per heavy atom. The molecule has 4 N–H and O–H groups in total. The minimum Gasteiger partial charge on any atom is -0.343 e. The third kappa shape index (κ3) is 20.8. The summed E-state index contributed by atoms with van der Waals surface area (Å²) in [5.74, 6) is -9.87. The first-order valence-corrected chi connectivity index (χ1v) is 33.1. The fourth-order valence-electron chi connectivity index (χ4n) is 12.2. The van der Waals surface area contributed by atoms with E-state index in [1.807, 2.05) is 34.6 Å². The van der Waals surface area contributed by atoms with Crippen LogP contribution in [0.25, 0.3) is 0 Å². The van der Waals surface area contributed by atoms with Gasteiger partial charge in [-0.25, -0.2) is 4.39 Å². The summed E-state index contributed by atoms with van der Waals surface area (Å²) in [6, 6.07) is -8.15. The lowest BCUT2D eigenvalue weighted by Crippen LogP contribution is -2.65. The maximum Gasteiger partial charge on any atom is 0.419 e. The number of hydrogen-bond donors (Lipinski definition) is 4. The van der Waals surface area contributed by atoms with Gasteiger partial charge in [-0.1, -0.05) is 100.0 Å². The van der Waals surface area contributed by atoms with E-state index in [4.69, 9.17) is 0 Å². The van der Waals surface area contributed by atoms with Gasteiger partial charge >= 0.3 is 6.18 Å². The van der Waals surface area contributed by atoms with Gasteiger partial charge in [0.1, 0.15) is 59.7 Å². The third-order valence-electron chi connectivity index (χ3n) is 19.2. The van der Waals surface area contributed by atoms with Crippen LogP contribution in [0, 0.1) is 35.4 Å². The van der Waals surface area contributed by atoms with E-state index in [9.17, 15) is 70.3 Å². The molecule has 3 aliphatic rings. The molecule has 1 aromatic rings. The minimum atomic E-state index is -5.00. The van der Waals surface area contributed by atoms with Crippen molar-refractivity contribution in [2.75, 3.05) is 55.4 Å². The van der Waals surface area contributed by atoms with Crippen LogP contribution < -0.4 is 21.3 Å². The summed E-state index contributed by atoms with van der Waals surface area (Å²) in [6.45, 7) is 20.2. The van der Waals surface area contributed by atoms with Crippen molar-refractivity contribution in [3.63, 3.8) is 0 Å². The summed E-state index contributed by atoms with van der Waals surface area (Å²) < 4.78 is 55.8. The molecule has 3 fully saturated rings. The number of rotatable bonds is 13. The van der Waals surface area contributed by atoms with Crippen molar-refractivity contribution in [3.05, 3.63) is 35.1 Å². The van der Waals surface area contributed by atoms with E-state index in [0.29, 0.717) is 18.6 Å². The normalized spacial score (nSPS) is 26.7. The van der Waals surface area contributed by atoms with E-state index >= 15 is 0 Å². The number of aryl methyl sites for hydroxylation is 1. The first-order chi connectivity index (χ1) is 43.2. The molecule has 1 aliphatic carbocycles. The monoisotopic (exact) mass is 1320 g/mol. The van der Waals surface area contributed by atoms with Gasteiger partial charge in [-0.3, -0.25) is 52.7 Å². The Morgan fingerprint density at radius 1 is 0.613 bits per heavy atom. The van der Waals surface area contributed by atoms with Crippen LogP contribution in [0.3, 0.4) is 0 Å². The third-order valence-corrected chi connectivity index (χ3v) is 19.2. The van der Waals surface area contributed by atoms with Crippen molar-refractivity contribution in [3.8, 4) is 0 Å². The zero-order chi connectivity index (χ0) is 70.5. The Balaban J connectivity index is 1.85. The Kier molecular flexibility index (Phi) is 28.7. The number of nitrogens with one attached hydrogen (secondary N) is 4. The largest absolute Gasteiger partial charge is 0.419 e. The van der Waals surface area contributed by atoms with Crippen molar-refractivity contribution in [1.82, 2.24) is 55.6 Å². The number of benzene rings is 1. The quantitative estimate of drug-likeness (QED) is 0.169. The van der Waals surface area contributed by atoms with Gasteiger partial charge in [0.2, 0.25) is 65.0 Å². The standard InChI is InChI=1S/C67H107F4N11O11/c1-19-41(8)56-64(92)78(15)43(10)59(87)82-30-29-51(82)63(91)80(17)53(36-44-23-21-20-22-24-44)62(90)76(13)37-54(83)72-48(28-26-45-25-27-46(47(68)35-45)67(69,70)71)57(85)73-50(32-39(4)5)61(89)81(18)66(11,12)65(93)74-49(31-38(2)3)60(88)77(14)42(9)34-55(84)79(16)52(33-40(6)7)58(86)75-56/h25,27,35,38-44,48-53,56H,19-24,26,28-34,36-37H2,1-18H3,(H,72,83)(H,73,85)(H,74,93)(H,75,86)/t41-,42+,43-,48-,49-,50-,51-,52-,53-,56-/m0/s1. The van der Waals surface area contributed by atoms with Crippen LogP contribution in [-0.2, 0) is 65.3 Å². The lowest BCUT2D eigenvalue weighted by Gasteiger charge is -2.45. The van der Waals surface area contributed by atoms with Crippen LogP contribution in [0.15, 0.2) is 18.2 Å². The van der Waals surface area contributed by atoms with Crippen molar-refractivity contribution < 1.29 is 70.3 Å². The maximum atomic E-state index is 14.9. The number of carbonyl (C=O) groups excluding carboxylic acids is 11. The number of amides is 11. The van der Waals surface area contributed by atoms with Gasteiger partial charge in [-0.05, 0) is 120 Å². The molecule has 1 saturated carbocycles. The van der Waals surface area contributed by atoms with Crippen LogP contribution in [-0.4, -0.2) is 215 Å². The molecule has 26 heteroatoms. The number of fused-ring (bicyclic) bond motifs is 1. The lowest BCUT2D eigenvalue weighted by atomic mass is 9.84. The minimum absolute atomic E-state index is 0.00168. The Morgan fingerprint density at radius 3 is 1.72 bits per heavy atom. The van der Waals surface area contributed by atoms with Crippen LogP contribution in [0.4, 0.5) is 17.6 Å². The predicted octanol–water partition coefficient (Wildman–Crippen LogP) is 5.92. The molecule has 93 heavy (non-hydrogen) atoms. The molecule has 10 atom stereocenters. The molecular weight excluding hydrogens is 1210 g/mol. The first-order valence-electron chi connectivity index (χ1n) is 33.1. The van der Waals surface area contributed by atoms with Gasteiger partial charge < -0.3 is 55.6 Å². The van der Waals surface area contributed by atoms with E-state index < -0.39 is 155 Å². The average molecular weight is 1320 g/mol. The van der Waals surface area contributed by atoms with Gasteiger partial charge in [-0.15, -0.1) is 0 Å². The fourth-order valence-corrected chi connectivity index (χ4v) is 12.2. The molecule has 524 valence electrons. The summed E-state index contributed by atoms with van der Waals surface area (Å²) in [4.78, 5) is 169. The summed E-state index contributed by atoms with van der Waals surface area (Å²) in [5, 5.41) is 11.1. The number of halogens is 4. The molecule has 0 bridgehead atoms. The SMILES string of the molecule is CC[C@H](C)[C@@H]1NC(=O)[C@H](CC(C)C)N(C)C(=O)C[C@@H](C)N(C)C(=O)[C@H](CC(C)C)NC(=O)C(C)(C)N(C)C(=O)[C@H](CC(C)C)NC(=O)[C@H](CCc2ccc(C(F)(F)F)c(F)c2)NC(=O)CN(C)C(=O)[C@H](CC2CCCCC2)N(C)C(=O)[C@@H]2CCN2C(=O)[C@H](C)N(C)C1=O. The zero-order valence-corrected chi connectivity index (χ0v) is 58.3. The van der Waals surface area contributed by atoms with Crippen molar-refractivity contribution in [2.45, 2.75) is 239 Å². The molecule has 22 nitrogen and oxygen atoms in total. The molecule has 0 radical (unpaired) electrons. The highest BCUT2D eigenvalue weighted by atomic mass is 19.4. The summed E-state index contributed by atoms with van der Waals surface area (Å²) in [7, 11) is 8.55. The van der Waals surface area contributed by atoms with E-state index in [1.54, 1.807) is 27.7 Å². The van der Waals surface area contributed by atoms with Crippen molar-refractivity contribution >= 4 is 65.0 Å². The molecule has 0 aromatic heterocycles. The van der Waals surface area contributed by atoms with Gasteiger partial charge in [0, 0.05) is 61.3 Å². The van der Waals surface area contributed by atoms with Crippen LogP contribution in [0.5, 0.6) is 0 Å². The maximum absolute atomic E-state index is 14.9. The van der Waals surface area contributed by atoms with E-state index in [1.165, 1.54) is 87.6 Å². The summed E-state index contributed by atoms with van der Waals surface area (Å²) in [5.41, 5.74) is -3.19. The molecule has 2 aliphatic heterocycles. The second kappa shape index (κ2) is 34.0. The van der Waals surface area contributed by atoms with Gasteiger partial charge in [-0.2, -0.15) is 13.2 Å². The lowest BCUT2D eigenvalue weighted by molar-refractivity contribution is -0.160.